The molecule has 4 heteroatoms. The highest BCUT2D eigenvalue weighted by Gasteiger charge is 2.40. The summed E-state index contributed by atoms with van der Waals surface area (Å²) < 4.78 is 3.91. The number of anilines is 2. The van der Waals surface area contributed by atoms with Crippen molar-refractivity contribution in [1.82, 2.24) is 0 Å². The van der Waals surface area contributed by atoms with Crippen LogP contribution in [0.4, 0.5) is 11.4 Å². The summed E-state index contributed by atoms with van der Waals surface area (Å²) in [5, 5.41) is 6.41. The molecule has 1 nitrogen and oxygen atoms in total. The van der Waals surface area contributed by atoms with E-state index in [0.717, 1.165) is 16.6 Å². The van der Waals surface area contributed by atoms with Crippen molar-refractivity contribution in [2.75, 3.05) is 5.32 Å². The molecule has 0 aliphatic heterocycles. The Morgan fingerprint density at radius 1 is 0.510 bits per heavy atom. The van der Waals surface area contributed by atoms with E-state index in [9.17, 15) is 0 Å². The SMILES string of the molecule is CC1(C)c2ccccc2-c2c1sc1c(Nc3ccccc3Br)cccc21.CC1(C)c2ccccc2-c2c1sc1c3c(ccc21)-c1ccccc1C3. The summed E-state index contributed by atoms with van der Waals surface area (Å²) in [5.41, 5.74) is 16.9. The average Bonchev–Trinajstić information content (AvgIpc) is 3.92. The second kappa shape index (κ2) is 11.3. The van der Waals surface area contributed by atoms with E-state index in [1.807, 2.05) is 28.7 Å². The molecular formula is C47H36BrNS2. The molecule has 0 spiro atoms. The maximum absolute atomic E-state index is 3.64. The van der Waals surface area contributed by atoms with Gasteiger partial charge in [-0.05, 0) is 78.6 Å². The number of fused-ring (bicyclic) bond motifs is 14. The van der Waals surface area contributed by atoms with E-state index < -0.39 is 0 Å². The summed E-state index contributed by atoms with van der Waals surface area (Å²) in [6, 6.07) is 46.2. The van der Waals surface area contributed by atoms with Gasteiger partial charge in [0.15, 0.2) is 0 Å². The van der Waals surface area contributed by atoms with Crippen LogP contribution in [0.1, 0.15) is 59.7 Å². The van der Waals surface area contributed by atoms with Crippen molar-refractivity contribution in [3.8, 4) is 33.4 Å². The van der Waals surface area contributed by atoms with Gasteiger partial charge in [-0.25, -0.2) is 0 Å². The maximum atomic E-state index is 3.64. The average molecular weight is 759 g/mol. The van der Waals surface area contributed by atoms with Crippen molar-refractivity contribution >= 4 is 70.2 Å². The lowest BCUT2D eigenvalue weighted by atomic mass is 9.87. The van der Waals surface area contributed by atoms with E-state index in [1.165, 1.54) is 91.2 Å². The largest absolute Gasteiger partial charge is 0.353 e. The summed E-state index contributed by atoms with van der Waals surface area (Å²) in [6.45, 7) is 9.44. The van der Waals surface area contributed by atoms with Gasteiger partial charge in [0.2, 0.25) is 0 Å². The lowest BCUT2D eigenvalue weighted by Gasteiger charge is -2.19. The minimum absolute atomic E-state index is 0.0558. The van der Waals surface area contributed by atoms with Crippen molar-refractivity contribution < 1.29 is 0 Å². The number of nitrogens with one attached hydrogen (secondary N) is 1. The standard InChI is InChI=1S/C24H18S.C23H18BrNS/c1-24(2)20-10-6-5-9-17(20)21-18-12-11-16-15-8-4-3-7-14(15)13-19(16)22(18)25-23(21)24;1-23(2)16-10-4-3-8-14(16)20-15-9-7-13-19(21(15)26-22(20)23)25-18-12-6-5-11-17(18)24/h3-12H,13H2,1-2H3;3-13,25H,1-2H3. The Kier molecular flexibility index (Phi) is 6.90. The Morgan fingerprint density at radius 2 is 1.06 bits per heavy atom. The van der Waals surface area contributed by atoms with E-state index in [2.05, 4.69) is 170 Å². The van der Waals surface area contributed by atoms with Crippen LogP contribution in [-0.4, -0.2) is 0 Å². The van der Waals surface area contributed by atoms with Crippen molar-refractivity contribution in [1.29, 1.82) is 0 Å². The maximum Gasteiger partial charge on any atom is 0.0587 e. The lowest BCUT2D eigenvalue weighted by molar-refractivity contribution is 0.674. The van der Waals surface area contributed by atoms with Crippen molar-refractivity contribution in [3.05, 3.63) is 164 Å². The zero-order valence-corrected chi connectivity index (χ0v) is 32.2. The van der Waals surface area contributed by atoms with Crippen LogP contribution in [-0.2, 0) is 17.3 Å². The summed E-state index contributed by atoms with van der Waals surface area (Å²) >= 11 is 7.59. The van der Waals surface area contributed by atoms with Gasteiger partial charge in [0.05, 0.1) is 16.1 Å². The first kappa shape index (κ1) is 31.3. The topological polar surface area (TPSA) is 12.0 Å². The number of thiophene rings is 2. The van der Waals surface area contributed by atoms with Crippen molar-refractivity contribution in [2.24, 2.45) is 0 Å². The third-order valence-corrected chi connectivity index (χ3v) is 15.2. The molecule has 0 bridgehead atoms. The first-order valence-corrected chi connectivity index (χ1v) is 20.1. The van der Waals surface area contributed by atoms with Crippen LogP contribution >= 0.6 is 38.6 Å². The monoisotopic (exact) mass is 757 g/mol. The number of rotatable bonds is 2. The van der Waals surface area contributed by atoms with Crippen LogP contribution in [0.25, 0.3) is 53.6 Å². The highest BCUT2D eigenvalue weighted by atomic mass is 79.9. The second-order valence-electron chi connectivity index (χ2n) is 15.0. The lowest BCUT2D eigenvalue weighted by Crippen LogP contribution is -2.13. The molecule has 248 valence electrons. The molecule has 2 heterocycles. The molecule has 2 aromatic heterocycles. The van der Waals surface area contributed by atoms with E-state index in [-0.39, 0.29) is 10.8 Å². The van der Waals surface area contributed by atoms with Crippen LogP contribution < -0.4 is 5.32 Å². The molecule has 6 aromatic carbocycles. The highest BCUT2D eigenvalue weighted by molar-refractivity contribution is 9.10. The van der Waals surface area contributed by atoms with Crippen LogP contribution in [0.5, 0.6) is 0 Å². The third-order valence-electron chi connectivity index (χ3n) is 11.4. The van der Waals surface area contributed by atoms with E-state index >= 15 is 0 Å². The van der Waals surface area contributed by atoms with Gasteiger partial charge in [-0.2, -0.15) is 0 Å². The van der Waals surface area contributed by atoms with Gasteiger partial charge in [-0.1, -0.05) is 137 Å². The van der Waals surface area contributed by atoms with Gasteiger partial charge < -0.3 is 5.32 Å². The highest BCUT2D eigenvalue weighted by Crippen LogP contribution is 2.58. The number of benzene rings is 6. The van der Waals surface area contributed by atoms with Crippen LogP contribution in [0.2, 0.25) is 0 Å². The van der Waals surface area contributed by atoms with E-state index in [0.29, 0.717) is 0 Å². The molecule has 3 aliphatic rings. The molecule has 1 N–H and O–H groups in total. The molecule has 0 saturated heterocycles. The van der Waals surface area contributed by atoms with Crippen LogP contribution in [0.3, 0.4) is 0 Å². The quantitative estimate of drug-likeness (QED) is 0.185. The predicted molar refractivity (Wildman–Crippen MR) is 224 cm³/mol. The van der Waals surface area contributed by atoms with Crippen molar-refractivity contribution in [3.63, 3.8) is 0 Å². The second-order valence-corrected chi connectivity index (χ2v) is 17.9. The molecule has 51 heavy (non-hydrogen) atoms. The van der Waals surface area contributed by atoms with Crippen LogP contribution in [0, 0.1) is 0 Å². The number of halogens is 1. The molecule has 0 radical (unpaired) electrons. The molecule has 0 saturated carbocycles. The summed E-state index contributed by atoms with van der Waals surface area (Å²) in [6.07, 6.45) is 1.07. The number of hydrogen-bond donors (Lipinski definition) is 1. The summed E-state index contributed by atoms with van der Waals surface area (Å²) in [7, 11) is 0. The normalized spacial score (nSPS) is 15.0. The fourth-order valence-corrected chi connectivity index (χ4v) is 12.1. The zero-order chi connectivity index (χ0) is 34.6. The van der Waals surface area contributed by atoms with Gasteiger partial charge >= 0.3 is 0 Å². The fourth-order valence-electron chi connectivity index (χ4n) is 8.85. The summed E-state index contributed by atoms with van der Waals surface area (Å²) in [5.74, 6) is 0. The van der Waals surface area contributed by atoms with Gasteiger partial charge in [-0.15, -0.1) is 22.7 Å². The van der Waals surface area contributed by atoms with Gasteiger partial charge in [0.1, 0.15) is 0 Å². The van der Waals surface area contributed by atoms with Gasteiger partial charge in [0.25, 0.3) is 0 Å². The minimum atomic E-state index is 0.0558. The Labute approximate surface area is 315 Å². The molecular weight excluding hydrogens is 723 g/mol. The number of para-hydroxylation sites is 1. The molecule has 0 unspecified atom stereocenters. The Hall–Kier alpha value is -4.48. The third kappa shape index (κ3) is 4.49. The van der Waals surface area contributed by atoms with Gasteiger partial charge in [0, 0.05) is 58.1 Å². The van der Waals surface area contributed by atoms with Crippen molar-refractivity contribution in [2.45, 2.75) is 44.9 Å². The molecule has 11 rings (SSSR count). The molecule has 0 fully saturated rings. The smallest absolute Gasteiger partial charge is 0.0587 e. The summed E-state index contributed by atoms with van der Waals surface area (Å²) in [4.78, 5) is 3.00. The van der Waals surface area contributed by atoms with Gasteiger partial charge in [-0.3, -0.25) is 0 Å². The molecule has 8 aromatic rings. The predicted octanol–water partition coefficient (Wildman–Crippen LogP) is 14.5. The zero-order valence-electron chi connectivity index (χ0n) is 29.0. The number of hydrogen-bond acceptors (Lipinski definition) is 3. The van der Waals surface area contributed by atoms with E-state index in [1.54, 1.807) is 0 Å². The first-order valence-electron chi connectivity index (χ1n) is 17.7. The Bertz CT molecular complexity index is 2720. The first-order chi connectivity index (χ1) is 24.7. The molecule has 0 atom stereocenters. The van der Waals surface area contributed by atoms with Crippen LogP contribution in [0.15, 0.2) is 132 Å². The van der Waals surface area contributed by atoms with E-state index in [4.69, 9.17) is 0 Å². The minimum Gasteiger partial charge on any atom is -0.353 e. The Morgan fingerprint density at radius 3 is 1.75 bits per heavy atom. The fraction of sp³-hybridized carbons (Fsp3) is 0.149. The molecule has 0 amide bonds. The molecule has 3 aliphatic carbocycles. The Balaban J connectivity index is 0.000000128.